The smallest absolute Gasteiger partial charge is 0.322 e. The van der Waals surface area contributed by atoms with Crippen LogP contribution in [0.3, 0.4) is 0 Å². The van der Waals surface area contributed by atoms with Gasteiger partial charge in [-0.25, -0.2) is 0 Å². The third-order valence-electron chi connectivity index (χ3n) is 4.10. The van der Waals surface area contributed by atoms with Crippen molar-refractivity contribution >= 4 is 11.6 Å². The van der Waals surface area contributed by atoms with Crippen molar-refractivity contribution in [3.05, 3.63) is 89.5 Å². The summed E-state index contributed by atoms with van der Waals surface area (Å²) in [6.45, 7) is 0. The summed E-state index contributed by atoms with van der Waals surface area (Å²) in [4.78, 5) is 12.3. The van der Waals surface area contributed by atoms with Gasteiger partial charge in [0.2, 0.25) is 0 Å². The van der Waals surface area contributed by atoms with Crippen molar-refractivity contribution in [2.75, 3.05) is 5.32 Å². The molecule has 2 nitrogen and oxygen atoms in total. The highest BCUT2D eigenvalue weighted by Crippen LogP contribution is 2.37. The Hall–Kier alpha value is -3.29. The number of hydrogen-bond acceptors (Lipinski definition) is 1. The molecule has 3 aromatic rings. The van der Waals surface area contributed by atoms with E-state index in [1.807, 2.05) is 30.3 Å². The van der Waals surface area contributed by atoms with Gasteiger partial charge in [0.05, 0.1) is 11.1 Å². The quantitative estimate of drug-likeness (QED) is 0.483. The molecule has 0 heterocycles. The molecule has 0 saturated carbocycles. The lowest BCUT2D eigenvalue weighted by Crippen LogP contribution is -2.15. The van der Waals surface area contributed by atoms with Gasteiger partial charge in [-0.15, -0.1) is 0 Å². The summed E-state index contributed by atoms with van der Waals surface area (Å²) in [5.41, 5.74) is -1.79. The van der Waals surface area contributed by atoms with E-state index in [1.165, 1.54) is 12.1 Å². The minimum Gasteiger partial charge on any atom is -0.322 e. The first-order valence-electron chi connectivity index (χ1n) is 8.30. The zero-order valence-corrected chi connectivity index (χ0v) is 14.6. The average Bonchev–Trinajstić information content (AvgIpc) is 2.67. The van der Waals surface area contributed by atoms with Gasteiger partial charge in [-0.2, -0.15) is 26.3 Å². The number of amides is 1. The Kier molecular flexibility index (Phi) is 5.37. The molecule has 3 aromatic carbocycles. The van der Waals surface area contributed by atoms with Gasteiger partial charge >= 0.3 is 12.4 Å². The van der Waals surface area contributed by atoms with Gasteiger partial charge in [0.1, 0.15) is 0 Å². The Balaban J connectivity index is 1.86. The van der Waals surface area contributed by atoms with E-state index in [0.717, 1.165) is 11.1 Å². The summed E-state index contributed by atoms with van der Waals surface area (Å²) in [6, 6.07) is 16.3. The summed E-state index contributed by atoms with van der Waals surface area (Å²) in [5, 5.41) is 2.10. The molecular weight excluding hydrogens is 396 g/mol. The van der Waals surface area contributed by atoms with Crippen LogP contribution in [0.2, 0.25) is 0 Å². The third-order valence-corrected chi connectivity index (χ3v) is 4.10. The fourth-order valence-corrected chi connectivity index (χ4v) is 2.68. The molecule has 150 valence electrons. The molecule has 0 aliphatic rings. The predicted octanol–water partition coefficient (Wildman–Crippen LogP) is 6.64. The van der Waals surface area contributed by atoms with E-state index in [9.17, 15) is 31.1 Å². The summed E-state index contributed by atoms with van der Waals surface area (Å²) >= 11 is 0. The second kappa shape index (κ2) is 7.62. The lowest BCUT2D eigenvalue weighted by Gasteiger charge is -2.15. The van der Waals surface area contributed by atoms with Crippen molar-refractivity contribution in [1.82, 2.24) is 0 Å². The molecule has 0 unspecified atom stereocenters. The van der Waals surface area contributed by atoms with Crippen LogP contribution in [0.25, 0.3) is 11.1 Å². The van der Waals surface area contributed by atoms with Crippen molar-refractivity contribution in [3.8, 4) is 11.1 Å². The summed E-state index contributed by atoms with van der Waals surface area (Å²) in [5.74, 6) is -0.822. The van der Waals surface area contributed by atoms with Crippen molar-refractivity contribution < 1.29 is 31.1 Å². The number of alkyl halides is 6. The van der Waals surface area contributed by atoms with Crippen LogP contribution in [0.15, 0.2) is 72.8 Å². The van der Waals surface area contributed by atoms with E-state index < -0.39 is 35.1 Å². The Bertz CT molecular complexity index is 976. The topological polar surface area (TPSA) is 29.1 Å². The van der Waals surface area contributed by atoms with E-state index in [4.69, 9.17) is 0 Å². The van der Waals surface area contributed by atoms with E-state index in [0.29, 0.717) is 12.1 Å². The van der Waals surface area contributed by atoms with E-state index in [-0.39, 0.29) is 11.6 Å². The number of benzene rings is 3. The Morgan fingerprint density at radius 2 is 1.14 bits per heavy atom. The van der Waals surface area contributed by atoms with Crippen LogP contribution in [-0.2, 0) is 12.4 Å². The van der Waals surface area contributed by atoms with Crippen molar-refractivity contribution in [2.45, 2.75) is 12.4 Å². The molecule has 0 radical (unpaired) electrons. The molecule has 0 atom stereocenters. The highest BCUT2D eigenvalue weighted by molar-refractivity contribution is 6.04. The molecule has 1 N–H and O–H groups in total. The normalized spacial score (nSPS) is 11.9. The number of carbonyl (C=O) groups is 1. The molecule has 0 spiro atoms. The average molecular weight is 409 g/mol. The lowest BCUT2D eigenvalue weighted by molar-refractivity contribution is -0.143. The fourth-order valence-electron chi connectivity index (χ4n) is 2.68. The largest absolute Gasteiger partial charge is 0.416 e. The van der Waals surface area contributed by atoms with Crippen LogP contribution in [0, 0.1) is 0 Å². The SMILES string of the molecule is O=C(Nc1cc(C(F)(F)F)cc(C(F)(F)F)c1)c1ccc(-c2ccccc2)cc1. The molecule has 0 bridgehead atoms. The Morgan fingerprint density at radius 1 is 0.655 bits per heavy atom. The van der Waals surface area contributed by atoms with Crippen LogP contribution >= 0.6 is 0 Å². The summed E-state index contributed by atoms with van der Waals surface area (Å²) in [7, 11) is 0. The number of anilines is 1. The van der Waals surface area contributed by atoms with Gasteiger partial charge in [-0.1, -0.05) is 42.5 Å². The first-order chi connectivity index (χ1) is 13.5. The Labute approximate surface area is 161 Å². The predicted molar refractivity (Wildman–Crippen MR) is 96.3 cm³/mol. The zero-order valence-electron chi connectivity index (χ0n) is 14.6. The van der Waals surface area contributed by atoms with Crippen molar-refractivity contribution in [1.29, 1.82) is 0 Å². The fraction of sp³-hybridized carbons (Fsp3) is 0.0952. The van der Waals surface area contributed by atoms with Gasteiger partial charge in [0, 0.05) is 11.3 Å². The monoisotopic (exact) mass is 409 g/mol. The standard InChI is InChI=1S/C21H13F6NO/c22-20(23,24)16-10-17(21(25,26)27)12-18(11-16)28-19(29)15-8-6-14(7-9-15)13-4-2-1-3-5-13/h1-12H,(H,28,29). The van der Waals surface area contributed by atoms with Crippen LogP contribution in [0.1, 0.15) is 21.5 Å². The van der Waals surface area contributed by atoms with Gasteiger partial charge in [-0.3, -0.25) is 4.79 Å². The molecule has 0 aliphatic heterocycles. The molecule has 0 fully saturated rings. The maximum absolute atomic E-state index is 12.9. The van der Waals surface area contributed by atoms with Gasteiger partial charge in [0.15, 0.2) is 0 Å². The molecule has 1 amide bonds. The van der Waals surface area contributed by atoms with E-state index in [2.05, 4.69) is 5.32 Å². The highest BCUT2D eigenvalue weighted by atomic mass is 19.4. The van der Waals surface area contributed by atoms with Crippen LogP contribution in [-0.4, -0.2) is 5.91 Å². The number of carbonyl (C=O) groups excluding carboxylic acids is 1. The molecule has 3 rings (SSSR count). The summed E-state index contributed by atoms with van der Waals surface area (Å²) < 4.78 is 77.5. The summed E-state index contributed by atoms with van der Waals surface area (Å²) in [6.07, 6.45) is -9.98. The van der Waals surface area contributed by atoms with Crippen LogP contribution < -0.4 is 5.32 Å². The number of hydrogen-bond donors (Lipinski definition) is 1. The van der Waals surface area contributed by atoms with Gasteiger partial charge in [0.25, 0.3) is 5.91 Å². The van der Waals surface area contributed by atoms with Crippen molar-refractivity contribution in [3.63, 3.8) is 0 Å². The highest BCUT2D eigenvalue weighted by Gasteiger charge is 2.37. The molecule has 29 heavy (non-hydrogen) atoms. The van der Waals surface area contributed by atoms with E-state index in [1.54, 1.807) is 12.1 Å². The maximum Gasteiger partial charge on any atom is 0.416 e. The second-order valence-corrected chi connectivity index (χ2v) is 6.19. The molecule has 0 aromatic heterocycles. The van der Waals surface area contributed by atoms with E-state index >= 15 is 0 Å². The van der Waals surface area contributed by atoms with Gasteiger partial charge < -0.3 is 5.32 Å². The molecule has 8 heteroatoms. The molecule has 0 saturated heterocycles. The minimum atomic E-state index is -4.99. The lowest BCUT2D eigenvalue weighted by atomic mass is 10.0. The second-order valence-electron chi connectivity index (χ2n) is 6.19. The van der Waals surface area contributed by atoms with Crippen LogP contribution in [0.4, 0.5) is 32.0 Å². The van der Waals surface area contributed by atoms with Crippen molar-refractivity contribution in [2.24, 2.45) is 0 Å². The van der Waals surface area contributed by atoms with Crippen LogP contribution in [0.5, 0.6) is 0 Å². The number of rotatable bonds is 3. The first-order valence-corrected chi connectivity index (χ1v) is 8.30. The molecule has 0 aliphatic carbocycles. The third kappa shape index (κ3) is 4.96. The van der Waals surface area contributed by atoms with Gasteiger partial charge in [-0.05, 0) is 41.5 Å². The minimum absolute atomic E-state index is 0.00428. The number of nitrogens with one attached hydrogen (secondary N) is 1. The zero-order chi connectivity index (χ0) is 21.2. The number of halogens is 6. The maximum atomic E-state index is 12.9. The first kappa shape index (κ1) is 20.4. The Morgan fingerprint density at radius 3 is 1.62 bits per heavy atom. The molecular formula is C21H13F6NO.